The molecule has 0 spiro atoms. The molecule has 1 N–H and O–H groups in total. The molecule has 0 saturated carbocycles. The summed E-state index contributed by atoms with van der Waals surface area (Å²) in [5.74, 6) is 0.486. The minimum Gasteiger partial charge on any atom is -0.259 e. The van der Waals surface area contributed by atoms with Gasteiger partial charge in [-0.05, 0) is 35.5 Å². The van der Waals surface area contributed by atoms with Gasteiger partial charge in [-0.25, -0.2) is 0 Å². The second-order valence-corrected chi connectivity index (χ2v) is 4.88. The van der Waals surface area contributed by atoms with E-state index in [9.17, 15) is 0 Å². The first-order chi connectivity index (χ1) is 8.80. The van der Waals surface area contributed by atoms with Crippen molar-refractivity contribution in [2.75, 3.05) is 0 Å². The van der Waals surface area contributed by atoms with Crippen molar-refractivity contribution in [2.24, 2.45) is 5.92 Å². The number of nitrogens with one attached hydrogen (secondary N) is 1. The summed E-state index contributed by atoms with van der Waals surface area (Å²) in [6, 6.07) is 8.88. The van der Waals surface area contributed by atoms with E-state index in [1.54, 1.807) is 0 Å². The van der Waals surface area contributed by atoms with Gasteiger partial charge < -0.3 is 0 Å². The number of rotatable bonds is 4. The fraction of sp³-hybridized carbons (Fsp3) is 0.250. The first kappa shape index (κ1) is 13.2. The Bertz CT molecular complexity index is 476. The van der Waals surface area contributed by atoms with Gasteiger partial charge in [-0.3, -0.25) is 4.72 Å². The van der Waals surface area contributed by atoms with Crippen LogP contribution in [0.4, 0.5) is 0 Å². The lowest BCUT2D eigenvalue weighted by Crippen LogP contribution is -2.25. The van der Waals surface area contributed by atoms with Gasteiger partial charge in [-0.2, -0.15) is 0 Å². The zero-order valence-corrected chi connectivity index (χ0v) is 11.4. The molecule has 2 atom stereocenters. The molecule has 0 heterocycles. The average Bonchev–Trinajstić information content (AvgIpc) is 2.43. The Kier molecular flexibility index (Phi) is 4.45. The SMILES string of the molecule is C=C/C=C(\C=C)C1Cc2ccccc2C(NS)C1. The molecule has 0 radical (unpaired) electrons. The lowest BCUT2D eigenvalue weighted by molar-refractivity contribution is 0.449. The van der Waals surface area contributed by atoms with Crippen molar-refractivity contribution in [2.45, 2.75) is 18.9 Å². The maximum atomic E-state index is 4.26. The van der Waals surface area contributed by atoms with Crippen LogP contribution in [-0.4, -0.2) is 0 Å². The summed E-state index contributed by atoms with van der Waals surface area (Å²) in [7, 11) is 0. The van der Waals surface area contributed by atoms with Gasteiger partial charge in [0.25, 0.3) is 0 Å². The number of benzene rings is 1. The summed E-state index contributed by atoms with van der Waals surface area (Å²) < 4.78 is 3.12. The Morgan fingerprint density at radius 2 is 2.11 bits per heavy atom. The van der Waals surface area contributed by atoms with Gasteiger partial charge in [-0.1, -0.05) is 68.5 Å². The Morgan fingerprint density at radius 1 is 1.33 bits per heavy atom. The molecule has 2 heteroatoms. The predicted octanol–water partition coefficient (Wildman–Crippen LogP) is 4.02. The highest BCUT2D eigenvalue weighted by atomic mass is 32.1. The van der Waals surface area contributed by atoms with Crippen LogP contribution >= 0.6 is 12.8 Å². The lowest BCUT2D eigenvalue weighted by Gasteiger charge is -2.31. The highest BCUT2D eigenvalue weighted by Crippen LogP contribution is 2.37. The minimum absolute atomic E-state index is 0.302. The van der Waals surface area contributed by atoms with Crippen LogP contribution in [0.25, 0.3) is 0 Å². The van der Waals surface area contributed by atoms with Crippen LogP contribution in [-0.2, 0) is 6.42 Å². The molecular formula is C16H19NS. The first-order valence-corrected chi connectivity index (χ1v) is 6.67. The molecule has 0 saturated heterocycles. The van der Waals surface area contributed by atoms with Crippen molar-refractivity contribution >= 4 is 12.8 Å². The lowest BCUT2D eigenvalue weighted by atomic mass is 9.77. The van der Waals surface area contributed by atoms with Crippen LogP contribution < -0.4 is 4.72 Å². The third kappa shape index (κ3) is 2.60. The molecular weight excluding hydrogens is 238 g/mol. The molecule has 0 aliphatic heterocycles. The fourth-order valence-electron chi connectivity index (χ4n) is 2.70. The van der Waals surface area contributed by atoms with E-state index in [-0.39, 0.29) is 0 Å². The van der Waals surface area contributed by atoms with Gasteiger partial charge in [0.1, 0.15) is 0 Å². The highest BCUT2D eigenvalue weighted by molar-refractivity contribution is 7.78. The summed E-state index contributed by atoms with van der Waals surface area (Å²) in [4.78, 5) is 0. The molecule has 0 fully saturated rings. The smallest absolute Gasteiger partial charge is 0.0427 e. The zero-order chi connectivity index (χ0) is 13.0. The van der Waals surface area contributed by atoms with Gasteiger partial charge in [0.15, 0.2) is 0 Å². The number of hydrogen-bond acceptors (Lipinski definition) is 2. The van der Waals surface area contributed by atoms with Crippen LogP contribution in [0.1, 0.15) is 23.6 Å². The minimum atomic E-state index is 0.302. The molecule has 1 aromatic rings. The Balaban J connectivity index is 2.33. The maximum Gasteiger partial charge on any atom is 0.0427 e. The van der Waals surface area contributed by atoms with Crippen molar-refractivity contribution in [3.05, 3.63) is 72.4 Å². The van der Waals surface area contributed by atoms with Gasteiger partial charge >= 0.3 is 0 Å². The van der Waals surface area contributed by atoms with Crippen molar-refractivity contribution in [3.63, 3.8) is 0 Å². The van der Waals surface area contributed by atoms with E-state index in [1.807, 2.05) is 12.2 Å². The molecule has 1 aliphatic carbocycles. The van der Waals surface area contributed by atoms with Crippen molar-refractivity contribution < 1.29 is 0 Å². The van der Waals surface area contributed by atoms with Crippen LogP contribution in [0.5, 0.6) is 0 Å². The van der Waals surface area contributed by atoms with E-state index >= 15 is 0 Å². The van der Waals surface area contributed by atoms with Crippen LogP contribution in [0.15, 0.2) is 61.2 Å². The van der Waals surface area contributed by atoms with Crippen LogP contribution in [0, 0.1) is 5.92 Å². The summed E-state index contributed by atoms with van der Waals surface area (Å²) >= 11 is 4.26. The summed E-state index contributed by atoms with van der Waals surface area (Å²) in [6.45, 7) is 7.68. The number of hydrogen-bond donors (Lipinski definition) is 2. The third-order valence-electron chi connectivity index (χ3n) is 3.59. The van der Waals surface area contributed by atoms with E-state index in [2.05, 4.69) is 61.0 Å². The standard InChI is InChI=1S/C16H19NS/c1-3-7-12(4-2)14-10-13-8-5-6-9-15(13)16(11-14)17-18/h3-9,14,16-18H,1-2,10-11H2/b12-7+. The van der Waals surface area contributed by atoms with E-state index in [4.69, 9.17) is 0 Å². The Labute approximate surface area is 115 Å². The maximum absolute atomic E-state index is 4.26. The molecule has 94 valence electrons. The summed E-state index contributed by atoms with van der Waals surface area (Å²) in [5, 5.41) is 0. The Morgan fingerprint density at radius 3 is 2.78 bits per heavy atom. The second-order valence-electron chi connectivity index (χ2n) is 4.62. The molecule has 1 aliphatic rings. The van der Waals surface area contributed by atoms with Gasteiger partial charge in [-0.15, -0.1) is 0 Å². The summed E-state index contributed by atoms with van der Waals surface area (Å²) in [6.07, 6.45) is 7.94. The van der Waals surface area contributed by atoms with Crippen LogP contribution in [0.3, 0.4) is 0 Å². The van der Waals surface area contributed by atoms with E-state index in [0.29, 0.717) is 12.0 Å². The Hall–Kier alpha value is -1.25. The fourth-order valence-corrected chi connectivity index (χ4v) is 2.95. The van der Waals surface area contributed by atoms with E-state index in [1.165, 1.54) is 16.7 Å². The van der Waals surface area contributed by atoms with Crippen LogP contribution in [0.2, 0.25) is 0 Å². The van der Waals surface area contributed by atoms with Gasteiger partial charge in [0.2, 0.25) is 0 Å². The zero-order valence-electron chi connectivity index (χ0n) is 10.5. The molecule has 2 rings (SSSR count). The molecule has 2 unspecified atom stereocenters. The molecule has 0 aromatic heterocycles. The number of fused-ring (bicyclic) bond motifs is 1. The second kappa shape index (κ2) is 6.07. The highest BCUT2D eigenvalue weighted by Gasteiger charge is 2.26. The largest absolute Gasteiger partial charge is 0.259 e. The average molecular weight is 257 g/mol. The molecule has 0 amide bonds. The van der Waals surface area contributed by atoms with Crippen molar-refractivity contribution in [3.8, 4) is 0 Å². The summed E-state index contributed by atoms with van der Waals surface area (Å²) in [5.41, 5.74) is 4.02. The van der Waals surface area contributed by atoms with Gasteiger partial charge in [0.05, 0.1) is 0 Å². The predicted molar refractivity (Wildman–Crippen MR) is 81.6 cm³/mol. The van der Waals surface area contributed by atoms with E-state index < -0.39 is 0 Å². The molecule has 1 nitrogen and oxygen atoms in total. The molecule has 0 bridgehead atoms. The van der Waals surface area contributed by atoms with E-state index in [0.717, 1.165) is 12.8 Å². The third-order valence-corrected chi connectivity index (χ3v) is 3.90. The molecule has 18 heavy (non-hydrogen) atoms. The monoisotopic (exact) mass is 257 g/mol. The van der Waals surface area contributed by atoms with Crippen molar-refractivity contribution in [1.82, 2.24) is 4.72 Å². The topological polar surface area (TPSA) is 12.0 Å². The number of allylic oxidation sites excluding steroid dienone is 4. The first-order valence-electron chi connectivity index (χ1n) is 6.22. The van der Waals surface area contributed by atoms with Crippen molar-refractivity contribution in [1.29, 1.82) is 0 Å². The molecule has 1 aromatic carbocycles. The van der Waals surface area contributed by atoms with Gasteiger partial charge in [0, 0.05) is 6.04 Å². The normalized spacial score (nSPS) is 23.3. The number of thiol groups is 1. The quantitative estimate of drug-likeness (QED) is 0.613.